The largest absolute Gasteiger partial charge is 0.497 e. The lowest BCUT2D eigenvalue weighted by Gasteiger charge is -2.05. The molecule has 1 atom stereocenters. The summed E-state index contributed by atoms with van der Waals surface area (Å²) in [4.78, 5) is 4.53. The van der Waals surface area contributed by atoms with Gasteiger partial charge in [0, 0.05) is 25.4 Å². The van der Waals surface area contributed by atoms with Gasteiger partial charge in [-0.25, -0.2) is 4.98 Å². The van der Waals surface area contributed by atoms with Crippen molar-refractivity contribution < 1.29 is 4.74 Å². The molecule has 5 nitrogen and oxygen atoms in total. The van der Waals surface area contributed by atoms with Gasteiger partial charge in [0.1, 0.15) is 16.6 Å². The summed E-state index contributed by atoms with van der Waals surface area (Å²) in [7, 11) is 1.66. The molecule has 4 N–H and O–H groups in total. The molecule has 0 amide bonds. The number of rotatable bonds is 7. The third-order valence-corrected chi connectivity index (χ3v) is 3.87. The van der Waals surface area contributed by atoms with Crippen LogP contribution in [0, 0.1) is 0 Å². The molecule has 0 bridgehead atoms. The van der Waals surface area contributed by atoms with Gasteiger partial charge < -0.3 is 16.2 Å². The van der Waals surface area contributed by atoms with Crippen molar-refractivity contribution in [2.24, 2.45) is 11.5 Å². The van der Waals surface area contributed by atoms with E-state index in [2.05, 4.69) is 9.36 Å². The quantitative estimate of drug-likeness (QED) is 0.804. The Morgan fingerprint density at radius 1 is 1.30 bits per heavy atom. The summed E-state index contributed by atoms with van der Waals surface area (Å²) in [5, 5.41) is 1.03. The highest BCUT2D eigenvalue weighted by atomic mass is 32.1. The Hall–Kier alpha value is -1.50. The monoisotopic (exact) mass is 292 g/mol. The molecule has 0 aliphatic rings. The molecule has 2 aromatic rings. The Morgan fingerprint density at radius 3 is 2.70 bits per heavy atom. The van der Waals surface area contributed by atoms with Gasteiger partial charge in [-0.2, -0.15) is 4.37 Å². The summed E-state index contributed by atoms with van der Waals surface area (Å²) in [5.41, 5.74) is 12.5. The van der Waals surface area contributed by atoms with Crippen LogP contribution in [-0.2, 0) is 12.8 Å². The van der Waals surface area contributed by atoms with Gasteiger partial charge in [-0.15, -0.1) is 0 Å². The molecular formula is C14H20N4OS. The number of benzene rings is 1. The molecule has 0 fully saturated rings. The zero-order valence-electron chi connectivity index (χ0n) is 11.6. The molecule has 1 heterocycles. The summed E-state index contributed by atoms with van der Waals surface area (Å²) in [5.74, 6) is 1.72. The molecule has 0 spiro atoms. The highest BCUT2D eigenvalue weighted by Gasteiger charge is 2.07. The maximum absolute atomic E-state index is 5.80. The van der Waals surface area contributed by atoms with Crippen LogP contribution >= 0.6 is 11.5 Å². The average molecular weight is 292 g/mol. The van der Waals surface area contributed by atoms with Gasteiger partial charge in [0.2, 0.25) is 0 Å². The highest BCUT2D eigenvalue weighted by Crippen LogP contribution is 2.15. The lowest BCUT2D eigenvalue weighted by molar-refractivity contribution is 0.414. The molecule has 0 radical (unpaired) electrons. The van der Waals surface area contributed by atoms with E-state index < -0.39 is 0 Å². The van der Waals surface area contributed by atoms with Crippen molar-refractivity contribution in [2.45, 2.75) is 25.3 Å². The fourth-order valence-corrected chi connectivity index (χ4v) is 2.49. The first-order valence-corrected chi connectivity index (χ1v) is 7.38. The van der Waals surface area contributed by atoms with E-state index in [4.69, 9.17) is 16.2 Å². The molecule has 0 saturated heterocycles. The van der Waals surface area contributed by atoms with Crippen molar-refractivity contribution in [1.29, 1.82) is 0 Å². The molecule has 1 aromatic heterocycles. The molecular weight excluding hydrogens is 272 g/mol. The van der Waals surface area contributed by atoms with Crippen LogP contribution < -0.4 is 16.2 Å². The highest BCUT2D eigenvalue weighted by molar-refractivity contribution is 7.05. The number of aryl methyl sites for hydroxylation is 1. The lowest BCUT2D eigenvalue weighted by Crippen LogP contribution is -2.29. The molecule has 0 aliphatic carbocycles. The predicted octanol–water partition coefficient (Wildman–Crippen LogP) is 1.36. The van der Waals surface area contributed by atoms with Crippen LogP contribution in [0.4, 0.5) is 0 Å². The Labute approximate surface area is 123 Å². The summed E-state index contributed by atoms with van der Waals surface area (Å²) < 4.78 is 9.52. The summed E-state index contributed by atoms with van der Waals surface area (Å²) in [6, 6.07) is 8.00. The van der Waals surface area contributed by atoms with Crippen molar-refractivity contribution in [3.05, 3.63) is 40.7 Å². The van der Waals surface area contributed by atoms with E-state index in [0.717, 1.165) is 35.8 Å². The first-order valence-electron chi connectivity index (χ1n) is 6.61. The number of nitrogens with zero attached hydrogens (tertiary/aromatic N) is 2. The normalized spacial score (nSPS) is 12.3. The Balaban J connectivity index is 1.91. The lowest BCUT2D eigenvalue weighted by atomic mass is 10.1. The van der Waals surface area contributed by atoms with Gasteiger partial charge in [-0.1, -0.05) is 12.1 Å². The molecule has 2 rings (SSSR count). The molecule has 0 saturated carbocycles. The van der Waals surface area contributed by atoms with Crippen LogP contribution in [0.25, 0.3) is 0 Å². The van der Waals surface area contributed by atoms with Gasteiger partial charge in [0.25, 0.3) is 0 Å². The number of methoxy groups -OCH3 is 1. The van der Waals surface area contributed by atoms with Crippen LogP contribution in [-0.4, -0.2) is 29.1 Å². The van der Waals surface area contributed by atoms with E-state index >= 15 is 0 Å². The van der Waals surface area contributed by atoms with Gasteiger partial charge >= 0.3 is 0 Å². The van der Waals surface area contributed by atoms with Crippen LogP contribution in [0.1, 0.15) is 22.8 Å². The van der Waals surface area contributed by atoms with E-state index in [1.807, 2.05) is 24.3 Å². The number of hydrogen-bond donors (Lipinski definition) is 2. The van der Waals surface area contributed by atoms with Crippen molar-refractivity contribution in [3.63, 3.8) is 0 Å². The molecule has 6 heteroatoms. The minimum atomic E-state index is 0.0453. The van der Waals surface area contributed by atoms with Gasteiger partial charge in [-0.05, 0) is 35.6 Å². The third kappa shape index (κ3) is 4.26. The van der Waals surface area contributed by atoms with E-state index in [1.54, 1.807) is 7.11 Å². The maximum Gasteiger partial charge on any atom is 0.146 e. The number of aromatic nitrogens is 2. The average Bonchev–Trinajstić information content (AvgIpc) is 2.93. The van der Waals surface area contributed by atoms with Crippen molar-refractivity contribution in [3.8, 4) is 5.75 Å². The second kappa shape index (κ2) is 7.33. The standard InChI is InChI=1S/C14H20N4OS/c1-19-12-5-2-10(3-6-12)8-13-17-14(20-18-13)7-4-11(16)9-15/h2-3,5-6,11H,4,7-9,15-16H2,1H3. The fraction of sp³-hybridized carbons (Fsp3) is 0.429. The van der Waals surface area contributed by atoms with Crippen LogP contribution in [0.3, 0.4) is 0 Å². The minimum Gasteiger partial charge on any atom is -0.497 e. The molecule has 1 aromatic carbocycles. The van der Waals surface area contributed by atoms with Crippen molar-refractivity contribution in [2.75, 3.05) is 13.7 Å². The smallest absolute Gasteiger partial charge is 0.146 e. The van der Waals surface area contributed by atoms with Crippen molar-refractivity contribution >= 4 is 11.5 Å². The summed E-state index contributed by atoms with van der Waals surface area (Å²) in [6.45, 7) is 0.511. The number of ether oxygens (including phenoxy) is 1. The topological polar surface area (TPSA) is 87.0 Å². The minimum absolute atomic E-state index is 0.0453. The van der Waals surface area contributed by atoms with E-state index in [0.29, 0.717) is 6.54 Å². The molecule has 1 unspecified atom stereocenters. The van der Waals surface area contributed by atoms with Crippen LogP contribution in [0.15, 0.2) is 24.3 Å². The van der Waals surface area contributed by atoms with Gasteiger partial charge in [0.05, 0.1) is 7.11 Å². The van der Waals surface area contributed by atoms with Gasteiger partial charge in [0.15, 0.2) is 0 Å². The zero-order chi connectivity index (χ0) is 14.4. The Morgan fingerprint density at radius 2 is 2.05 bits per heavy atom. The Kier molecular flexibility index (Phi) is 5.46. The predicted molar refractivity (Wildman–Crippen MR) is 81.1 cm³/mol. The SMILES string of the molecule is COc1ccc(Cc2nsc(CCC(N)CN)n2)cc1. The second-order valence-electron chi connectivity index (χ2n) is 4.66. The first kappa shape index (κ1) is 14.9. The van der Waals surface area contributed by atoms with E-state index in [1.165, 1.54) is 17.1 Å². The van der Waals surface area contributed by atoms with Crippen molar-refractivity contribution in [1.82, 2.24) is 9.36 Å². The fourth-order valence-electron chi connectivity index (χ4n) is 1.82. The maximum atomic E-state index is 5.80. The van der Waals surface area contributed by atoms with Gasteiger partial charge in [-0.3, -0.25) is 0 Å². The van der Waals surface area contributed by atoms with Crippen LogP contribution in [0.2, 0.25) is 0 Å². The Bertz CT molecular complexity index is 526. The van der Waals surface area contributed by atoms with E-state index in [-0.39, 0.29) is 6.04 Å². The number of nitrogens with two attached hydrogens (primary N) is 2. The van der Waals surface area contributed by atoms with E-state index in [9.17, 15) is 0 Å². The molecule has 20 heavy (non-hydrogen) atoms. The van der Waals surface area contributed by atoms with Crippen LogP contribution in [0.5, 0.6) is 5.75 Å². The molecule has 0 aliphatic heterocycles. The first-order chi connectivity index (χ1) is 9.71. The summed E-state index contributed by atoms with van der Waals surface area (Å²) >= 11 is 1.45. The zero-order valence-corrected chi connectivity index (χ0v) is 12.4. The second-order valence-corrected chi connectivity index (χ2v) is 5.50. The third-order valence-electron chi connectivity index (χ3n) is 3.06. The number of hydrogen-bond acceptors (Lipinski definition) is 6. The molecule has 108 valence electrons. The summed E-state index contributed by atoms with van der Waals surface area (Å²) in [6.07, 6.45) is 2.44.